The molecule has 0 spiro atoms. The van der Waals surface area contributed by atoms with Gasteiger partial charge in [0.25, 0.3) is 0 Å². The number of anilines is 2. The van der Waals surface area contributed by atoms with Crippen molar-refractivity contribution < 1.29 is 0 Å². The molecule has 1 aliphatic rings. The Hall–Kier alpha value is -2.55. The molecule has 2 aromatic carbocycles. The van der Waals surface area contributed by atoms with E-state index in [0.29, 0.717) is 0 Å². The second-order valence-electron chi connectivity index (χ2n) is 5.25. The minimum absolute atomic E-state index is 0.778. The maximum atomic E-state index is 5.80. The average molecular weight is 261 g/mol. The van der Waals surface area contributed by atoms with Gasteiger partial charge in [0.1, 0.15) is 5.82 Å². The lowest BCUT2D eigenvalue weighted by atomic mass is 10.1. The van der Waals surface area contributed by atoms with Crippen molar-refractivity contribution in [2.75, 3.05) is 10.6 Å². The third-order valence-corrected chi connectivity index (χ3v) is 3.86. The first kappa shape index (κ1) is 11.3. The average Bonchev–Trinajstić information content (AvgIpc) is 2.90. The zero-order chi connectivity index (χ0) is 13.5. The van der Waals surface area contributed by atoms with Crippen LogP contribution in [0.1, 0.15) is 11.1 Å². The Morgan fingerprint density at radius 3 is 2.40 bits per heavy atom. The van der Waals surface area contributed by atoms with Crippen molar-refractivity contribution in [3.05, 3.63) is 65.7 Å². The van der Waals surface area contributed by atoms with Gasteiger partial charge in [0.05, 0.1) is 5.52 Å². The molecule has 0 fully saturated rings. The molecule has 20 heavy (non-hydrogen) atoms. The zero-order valence-corrected chi connectivity index (χ0v) is 11.1. The van der Waals surface area contributed by atoms with E-state index in [1.54, 1.807) is 0 Å². The molecular formula is C17H15N3. The molecule has 0 bridgehead atoms. The van der Waals surface area contributed by atoms with Gasteiger partial charge in [-0.3, -0.25) is 0 Å². The van der Waals surface area contributed by atoms with Crippen LogP contribution in [-0.2, 0) is 13.1 Å². The van der Waals surface area contributed by atoms with Crippen molar-refractivity contribution >= 4 is 22.4 Å². The van der Waals surface area contributed by atoms with E-state index in [2.05, 4.69) is 41.3 Å². The van der Waals surface area contributed by atoms with Gasteiger partial charge in [-0.1, -0.05) is 24.3 Å². The van der Waals surface area contributed by atoms with Gasteiger partial charge in [0, 0.05) is 24.2 Å². The highest BCUT2D eigenvalue weighted by atomic mass is 15.2. The number of pyridine rings is 1. The number of hydrogen-bond donors (Lipinski definition) is 1. The highest BCUT2D eigenvalue weighted by Crippen LogP contribution is 2.28. The van der Waals surface area contributed by atoms with E-state index in [9.17, 15) is 0 Å². The van der Waals surface area contributed by atoms with E-state index in [0.717, 1.165) is 35.5 Å². The summed E-state index contributed by atoms with van der Waals surface area (Å²) in [5, 5.41) is 1.09. The molecule has 0 atom stereocenters. The molecule has 3 nitrogen and oxygen atoms in total. The van der Waals surface area contributed by atoms with Crippen LogP contribution in [0, 0.1) is 0 Å². The summed E-state index contributed by atoms with van der Waals surface area (Å²) in [6.45, 7) is 1.87. The van der Waals surface area contributed by atoms with Crippen molar-refractivity contribution in [3.8, 4) is 0 Å². The Bertz CT molecular complexity index is 770. The molecular weight excluding hydrogens is 246 g/mol. The van der Waals surface area contributed by atoms with Gasteiger partial charge in [0.15, 0.2) is 0 Å². The molecule has 2 N–H and O–H groups in total. The van der Waals surface area contributed by atoms with Crippen LogP contribution < -0.4 is 10.6 Å². The van der Waals surface area contributed by atoms with E-state index in [4.69, 9.17) is 10.7 Å². The van der Waals surface area contributed by atoms with E-state index in [1.165, 1.54) is 11.1 Å². The fourth-order valence-electron chi connectivity index (χ4n) is 2.80. The first-order valence-corrected chi connectivity index (χ1v) is 6.78. The highest BCUT2D eigenvalue weighted by Gasteiger charge is 2.19. The van der Waals surface area contributed by atoms with Crippen LogP contribution >= 0.6 is 0 Å². The van der Waals surface area contributed by atoms with Crippen molar-refractivity contribution in [2.24, 2.45) is 0 Å². The van der Waals surface area contributed by atoms with Crippen LogP contribution in [0.5, 0.6) is 0 Å². The Morgan fingerprint density at radius 1 is 0.900 bits per heavy atom. The largest absolute Gasteiger partial charge is 0.399 e. The maximum absolute atomic E-state index is 5.80. The predicted molar refractivity (Wildman–Crippen MR) is 82.5 cm³/mol. The number of nitrogens with zero attached hydrogens (tertiary/aromatic N) is 2. The van der Waals surface area contributed by atoms with Crippen LogP contribution in [0.2, 0.25) is 0 Å². The summed E-state index contributed by atoms with van der Waals surface area (Å²) < 4.78 is 0. The third kappa shape index (κ3) is 1.79. The fraction of sp³-hybridized carbons (Fsp3) is 0.118. The number of benzene rings is 2. The molecule has 3 heteroatoms. The van der Waals surface area contributed by atoms with E-state index >= 15 is 0 Å². The molecule has 98 valence electrons. The number of rotatable bonds is 1. The molecule has 1 aromatic heterocycles. The summed E-state index contributed by atoms with van der Waals surface area (Å²) >= 11 is 0. The van der Waals surface area contributed by atoms with Crippen molar-refractivity contribution in [1.29, 1.82) is 0 Å². The lowest BCUT2D eigenvalue weighted by Gasteiger charge is -2.17. The van der Waals surface area contributed by atoms with Gasteiger partial charge < -0.3 is 10.6 Å². The fourth-order valence-corrected chi connectivity index (χ4v) is 2.80. The summed E-state index contributed by atoms with van der Waals surface area (Å²) in [4.78, 5) is 7.06. The number of nitrogens with two attached hydrogens (primary N) is 1. The topological polar surface area (TPSA) is 42.1 Å². The second-order valence-corrected chi connectivity index (χ2v) is 5.25. The molecule has 4 rings (SSSR count). The number of nitrogen functional groups attached to an aromatic ring is 1. The maximum Gasteiger partial charge on any atom is 0.129 e. The molecule has 0 radical (unpaired) electrons. The molecule has 0 saturated heterocycles. The van der Waals surface area contributed by atoms with Crippen molar-refractivity contribution in [1.82, 2.24) is 4.98 Å². The lowest BCUT2D eigenvalue weighted by molar-refractivity contribution is 0.861. The Morgan fingerprint density at radius 2 is 1.65 bits per heavy atom. The third-order valence-electron chi connectivity index (χ3n) is 3.86. The summed E-state index contributed by atoms with van der Waals surface area (Å²) in [5.41, 5.74) is 10.4. The summed E-state index contributed by atoms with van der Waals surface area (Å²) in [6.07, 6.45) is 0. The molecule has 0 unspecified atom stereocenters. The lowest BCUT2D eigenvalue weighted by Crippen LogP contribution is -2.15. The van der Waals surface area contributed by atoms with Crippen LogP contribution in [0.3, 0.4) is 0 Å². The van der Waals surface area contributed by atoms with E-state index in [-0.39, 0.29) is 0 Å². The van der Waals surface area contributed by atoms with E-state index in [1.807, 2.05) is 18.2 Å². The SMILES string of the molecule is Nc1ccc2nc(N3Cc4ccccc4C3)ccc2c1. The molecule has 0 saturated carbocycles. The van der Waals surface area contributed by atoms with Crippen LogP contribution in [0.4, 0.5) is 11.5 Å². The minimum atomic E-state index is 0.778. The van der Waals surface area contributed by atoms with Crippen molar-refractivity contribution in [3.63, 3.8) is 0 Å². The Labute approximate surface area is 117 Å². The van der Waals surface area contributed by atoms with Crippen LogP contribution in [-0.4, -0.2) is 4.98 Å². The predicted octanol–water partition coefficient (Wildman–Crippen LogP) is 3.34. The first-order chi connectivity index (χ1) is 9.79. The quantitative estimate of drug-likeness (QED) is 0.683. The number of aromatic nitrogens is 1. The highest BCUT2D eigenvalue weighted by molar-refractivity contribution is 5.83. The smallest absolute Gasteiger partial charge is 0.129 e. The van der Waals surface area contributed by atoms with Gasteiger partial charge in [-0.15, -0.1) is 0 Å². The van der Waals surface area contributed by atoms with E-state index < -0.39 is 0 Å². The molecule has 1 aliphatic heterocycles. The first-order valence-electron chi connectivity index (χ1n) is 6.78. The molecule has 0 aliphatic carbocycles. The van der Waals surface area contributed by atoms with Gasteiger partial charge in [0.2, 0.25) is 0 Å². The molecule has 3 aromatic rings. The monoisotopic (exact) mass is 261 g/mol. The minimum Gasteiger partial charge on any atom is -0.399 e. The summed E-state index contributed by atoms with van der Waals surface area (Å²) in [7, 11) is 0. The number of hydrogen-bond acceptors (Lipinski definition) is 3. The van der Waals surface area contributed by atoms with Crippen LogP contribution in [0.25, 0.3) is 10.9 Å². The Balaban J connectivity index is 1.72. The standard InChI is InChI=1S/C17H15N3/c18-15-6-7-16-12(9-15)5-8-17(19-16)20-10-13-3-1-2-4-14(13)11-20/h1-9H,10-11,18H2. The van der Waals surface area contributed by atoms with Gasteiger partial charge >= 0.3 is 0 Å². The zero-order valence-electron chi connectivity index (χ0n) is 11.1. The molecule has 2 heterocycles. The van der Waals surface area contributed by atoms with Crippen molar-refractivity contribution in [2.45, 2.75) is 13.1 Å². The molecule has 0 amide bonds. The summed E-state index contributed by atoms with van der Waals surface area (Å²) in [6, 6.07) is 18.6. The summed E-state index contributed by atoms with van der Waals surface area (Å²) in [5.74, 6) is 1.03. The normalized spacial score (nSPS) is 13.7. The second kappa shape index (κ2) is 4.23. The Kier molecular flexibility index (Phi) is 2.39. The van der Waals surface area contributed by atoms with Crippen LogP contribution in [0.15, 0.2) is 54.6 Å². The number of fused-ring (bicyclic) bond motifs is 2. The van der Waals surface area contributed by atoms with Gasteiger partial charge in [-0.2, -0.15) is 0 Å². The van der Waals surface area contributed by atoms with Gasteiger partial charge in [-0.25, -0.2) is 4.98 Å². The van der Waals surface area contributed by atoms with Gasteiger partial charge in [-0.05, 0) is 41.5 Å².